The second-order valence-corrected chi connectivity index (χ2v) is 7.91. The van der Waals surface area contributed by atoms with Gasteiger partial charge in [-0.1, -0.05) is 24.3 Å². The van der Waals surface area contributed by atoms with Gasteiger partial charge in [-0.3, -0.25) is 0 Å². The maximum absolute atomic E-state index is 12.0. The molecule has 2 atom stereocenters. The summed E-state index contributed by atoms with van der Waals surface area (Å²) in [7, 11) is 0. The summed E-state index contributed by atoms with van der Waals surface area (Å²) < 4.78 is 16.9. The van der Waals surface area contributed by atoms with Crippen LogP contribution in [0.2, 0.25) is 0 Å². The fourth-order valence-electron chi connectivity index (χ4n) is 3.39. The van der Waals surface area contributed by atoms with E-state index in [2.05, 4.69) is 36.1 Å². The highest BCUT2D eigenvalue weighted by atomic mass is 32.2. The van der Waals surface area contributed by atoms with Crippen molar-refractivity contribution in [3.05, 3.63) is 54.1 Å². The van der Waals surface area contributed by atoms with Crippen LogP contribution < -0.4 is 9.64 Å². The molecule has 1 aliphatic heterocycles. The summed E-state index contributed by atoms with van der Waals surface area (Å²) in [5, 5.41) is 0. The molecule has 0 radical (unpaired) electrons. The SMILES string of the molecule is CCOC(=O)[C@@H](Cc1ccc(OC(C)N2CCSc3ccccc32)cc1)OCC. The van der Waals surface area contributed by atoms with Crippen molar-refractivity contribution in [1.29, 1.82) is 0 Å². The molecule has 29 heavy (non-hydrogen) atoms. The van der Waals surface area contributed by atoms with Crippen LogP contribution >= 0.6 is 11.8 Å². The Balaban J connectivity index is 1.62. The number of hydrogen-bond donors (Lipinski definition) is 0. The van der Waals surface area contributed by atoms with Crippen LogP contribution in [0.25, 0.3) is 0 Å². The molecular weight excluding hydrogens is 386 g/mol. The lowest BCUT2D eigenvalue weighted by Crippen LogP contribution is -2.40. The molecular formula is C23H29NO4S. The predicted octanol–water partition coefficient (Wildman–Crippen LogP) is 4.53. The highest BCUT2D eigenvalue weighted by Gasteiger charge is 2.23. The van der Waals surface area contributed by atoms with E-state index in [-0.39, 0.29) is 12.2 Å². The molecule has 156 valence electrons. The molecule has 5 nitrogen and oxygen atoms in total. The van der Waals surface area contributed by atoms with E-state index in [0.717, 1.165) is 23.6 Å². The molecule has 0 saturated carbocycles. The third-order valence-corrected chi connectivity index (χ3v) is 5.81. The van der Waals surface area contributed by atoms with Gasteiger partial charge in [0, 0.05) is 30.2 Å². The van der Waals surface area contributed by atoms with Crippen molar-refractivity contribution in [2.75, 3.05) is 30.4 Å². The summed E-state index contributed by atoms with van der Waals surface area (Å²) in [6.45, 7) is 7.53. The summed E-state index contributed by atoms with van der Waals surface area (Å²) in [6, 6.07) is 16.3. The Morgan fingerprint density at radius 3 is 2.59 bits per heavy atom. The maximum Gasteiger partial charge on any atom is 0.335 e. The third kappa shape index (κ3) is 5.67. The molecule has 1 unspecified atom stereocenters. The van der Waals surface area contributed by atoms with E-state index in [4.69, 9.17) is 14.2 Å². The Morgan fingerprint density at radius 1 is 1.10 bits per heavy atom. The van der Waals surface area contributed by atoms with E-state index in [1.807, 2.05) is 43.0 Å². The number of fused-ring (bicyclic) bond motifs is 1. The highest BCUT2D eigenvalue weighted by Crippen LogP contribution is 2.35. The summed E-state index contributed by atoms with van der Waals surface area (Å²) in [4.78, 5) is 15.6. The normalized spacial score (nSPS) is 15.3. The Morgan fingerprint density at radius 2 is 1.86 bits per heavy atom. The molecule has 0 aromatic heterocycles. The van der Waals surface area contributed by atoms with E-state index >= 15 is 0 Å². The van der Waals surface area contributed by atoms with Crippen LogP contribution in [0.4, 0.5) is 5.69 Å². The lowest BCUT2D eigenvalue weighted by atomic mass is 10.1. The summed E-state index contributed by atoms with van der Waals surface area (Å²) in [6.07, 6.45) is -0.161. The Kier molecular flexibility index (Phi) is 7.83. The van der Waals surface area contributed by atoms with Crippen LogP contribution in [-0.2, 0) is 20.7 Å². The lowest BCUT2D eigenvalue weighted by molar-refractivity contribution is -0.156. The minimum atomic E-state index is -0.576. The molecule has 6 heteroatoms. The number of rotatable bonds is 9. The van der Waals surface area contributed by atoms with Crippen molar-refractivity contribution in [3.63, 3.8) is 0 Å². The topological polar surface area (TPSA) is 48.0 Å². The van der Waals surface area contributed by atoms with Crippen molar-refractivity contribution < 1.29 is 19.0 Å². The minimum Gasteiger partial charge on any atom is -0.471 e. The fourth-order valence-corrected chi connectivity index (χ4v) is 4.41. The van der Waals surface area contributed by atoms with Gasteiger partial charge in [0.25, 0.3) is 0 Å². The number of anilines is 1. The van der Waals surface area contributed by atoms with Gasteiger partial charge in [-0.05, 0) is 50.6 Å². The van der Waals surface area contributed by atoms with Crippen LogP contribution in [0.5, 0.6) is 5.75 Å². The van der Waals surface area contributed by atoms with Crippen molar-refractivity contribution in [2.24, 2.45) is 0 Å². The van der Waals surface area contributed by atoms with Gasteiger partial charge in [0.05, 0.1) is 12.3 Å². The van der Waals surface area contributed by atoms with Gasteiger partial charge in [0.15, 0.2) is 12.3 Å². The van der Waals surface area contributed by atoms with Crippen molar-refractivity contribution in [2.45, 2.75) is 44.4 Å². The quantitative estimate of drug-likeness (QED) is 0.561. The molecule has 0 amide bonds. The Hall–Kier alpha value is -2.18. The number of carbonyl (C=O) groups excluding carboxylic acids is 1. The number of benzene rings is 2. The second kappa shape index (κ2) is 10.6. The number of hydrogen-bond acceptors (Lipinski definition) is 6. The van der Waals surface area contributed by atoms with Crippen LogP contribution in [0.1, 0.15) is 26.3 Å². The Labute approximate surface area is 177 Å². The number of para-hydroxylation sites is 1. The zero-order valence-corrected chi connectivity index (χ0v) is 18.1. The first-order valence-electron chi connectivity index (χ1n) is 10.1. The first-order chi connectivity index (χ1) is 14.1. The average Bonchev–Trinajstić information content (AvgIpc) is 2.74. The average molecular weight is 416 g/mol. The molecule has 1 heterocycles. The zero-order valence-electron chi connectivity index (χ0n) is 17.3. The smallest absolute Gasteiger partial charge is 0.335 e. The number of ether oxygens (including phenoxy) is 3. The molecule has 1 aliphatic rings. The number of esters is 1. The van der Waals surface area contributed by atoms with Gasteiger partial charge in [-0.15, -0.1) is 11.8 Å². The standard InChI is InChI=1S/C23H29NO4S/c1-4-26-21(23(25)27-5-2)16-18-10-12-19(13-11-18)28-17(3)24-14-15-29-22-9-7-6-8-20(22)24/h6-13,17,21H,4-5,14-16H2,1-3H3/t17?,21-/m1/s1. The van der Waals surface area contributed by atoms with Crippen LogP contribution in [0, 0.1) is 0 Å². The van der Waals surface area contributed by atoms with Gasteiger partial charge in [-0.25, -0.2) is 4.79 Å². The third-order valence-electron chi connectivity index (χ3n) is 4.77. The van der Waals surface area contributed by atoms with Crippen molar-refractivity contribution >= 4 is 23.4 Å². The van der Waals surface area contributed by atoms with Crippen molar-refractivity contribution in [3.8, 4) is 5.75 Å². The zero-order chi connectivity index (χ0) is 20.6. The van der Waals surface area contributed by atoms with Gasteiger partial charge >= 0.3 is 5.97 Å². The second-order valence-electron chi connectivity index (χ2n) is 6.77. The molecule has 3 rings (SSSR count). The predicted molar refractivity (Wildman–Crippen MR) is 117 cm³/mol. The minimum absolute atomic E-state index is 0.0707. The maximum atomic E-state index is 12.0. The van der Waals surface area contributed by atoms with E-state index in [0.29, 0.717) is 19.6 Å². The molecule has 0 spiro atoms. The molecule has 0 aliphatic carbocycles. The summed E-state index contributed by atoms with van der Waals surface area (Å²) in [5.74, 6) is 1.54. The van der Waals surface area contributed by atoms with Crippen LogP contribution in [0.15, 0.2) is 53.4 Å². The van der Waals surface area contributed by atoms with E-state index < -0.39 is 6.10 Å². The van der Waals surface area contributed by atoms with Gasteiger partial charge in [0.1, 0.15) is 5.75 Å². The van der Waals surface area contributed by atoms with Crippen LogP contribution in [0.3, 0.4) is 0 Å². The van der Waals surface area contributed by atoms with E-state index in [1.165, 1.54) is 10.6 Å². The summed E-state index contributed by atoms with van der Waals surface area (Å²) >= 11 is 1.89. The van der Waals surface area contributed by atoms with Gasteiger partial charge in [-0.2, -0.15) is 0 Å². The monoisotopic (exact) mass is 415 g/mol. The fraction of sp³-hybridized carbons (Fsp3) is 0.435. The first-order valence-corrected chi connectivity index (χ1v) is 11.1. The first kappa shape index (κ1) is 21.5. The molecule has 0 N–H and O–H groups in total. The molecule has 2 aromatic carbocycles. The lowest BCUT2D eigenvalue weighted by Gasteiger charge is -2.35. The molecule has 0 saturated heterocycles. The van der Waals surface area contributed by atoms with Gasteiger partial charge in [0.2, 0.25) is 0 Å². The summed E-state index contributed by atoms with van der Waals surface area (Å²) in [5.41, 5.74) is 2.23. The van der Waals surface area contributed by atoms with Gasteiger partial charge < -0.3 is 19.1 Å². The molecule has 0 fully saturated rings. The molecule has 0 bridgehead atoms. The van der Waals surface area contributed by atoms with Crippen LogP contribution in [-0.4, -0.2) is 43.8 Å². The van der Waals surface area contributed by atoms with Crippen molar-refractivity contribution in [1.82, 2.24) is 0 Å². The number of carbonyl (C=O) groups is 1. The van der Waals surface area contributed by atoms with E-state index in [1.54, 1.807) is 6.92 Å². The highest BCUT2D eigenvalue weighted by molar-refractivity contribution is 7.99. The number of nitrogens with zero attached hydrogens (tertiary/aromatic N) is 1. The van der Waals surface area contributed by atoms with E-state index in [9.17, 15) is 4.79 Å². The number of thioether (sulfide) groups is 1. The Bertz CT molecular complexity index is 796. The molecule has 2 aromatic rings. The largest absolute Gasteiger partial charge is 0.471 e.